The molecule has 0 fully saturated rings. The molecule has 1 atom stereocenters. The van der Waals surface area contributed by atoms with E-state index in [1.165, 1.54) is 25.7 Å². The number of nitrogens with one attached hydrogen (secondary N) is 2. The molecule has 1 rings (SSSR count). The maximum Gasteiger partial charge on any atom is 0.0566 e. The molecule has 0 aliphatic heterocycles. The van der Waals surface area contributed by atoms with Gasteiger partial charge in [0.25, 0.3) is 0 Å². The Morgan fingerprint density at radius 1 is 1.21 bits per heavy atom. The van der Waals surface area contributed by atoms with Gasteiger partial charge >= 0.3 is 0 Å². The Labute approximate surface area is 207 Å². The number of aliphatic imine (C=N–C) groups is 1. The van der Waals surface area contributed by atoms with Crippen molar-refractivity contribution in [3.63, 3.8) is 0 Å². The van der Waals surface area contributed by atoms with Gasteiger partial charge in [-0.1, -0.05) is 69.9 Å². The van der Waals surface area contributed by atoms with Crippen molar-refractivity contribution in [1.29, 1.82) is 0 Å². The fourth-order valence-electron chi connectivity index (χ4n) is 3.86. The molecule has 0 saturated heterocycles. The van der Waals surface area contributed by atoms with Crippen LogP contribution in [0.4, 0.5) is 0 Å². The van der Waals surface area contributed by atoms with Crippen LogP contribution in [0.15, 0.2) is 84.3 Å². The Balaban J connectivity index is 2.83. The fourth-order valence-corrected chi connectivity index (χ4v) is 3.86. The summed E-state index contributed by atoms with van der Waals surface area (Å²) < 4.78 is 0. The smallest absolute Gasteiger partial charge is 0.0566 e. The number of nitrogens with two attached hydrogens (primary N) is 1. The van der Waals surface area contributed by atoms with Gasteiger partial charge in [0.1, 0.15) is 0 Å². The quantitative estimate of drug-likeness (QED) is 0.175. The summed E-state index contributed by atoms with van der Waals surface area (Å²) in [5, 5.41) is 6.65. The third-order valence-electron chi connectivity index (χ3n) is 5.72. The van der Waals surface area contributed by atoms with Crippen molar-refractivity contribution in [2.45, 2.75) is 52.4 Å². The molecule has 1 aromatic carbocycles. The van der Waals surface area contributed by atoms with E-state index < -0.39 is 0 Å². The predicted octanol–water partition coefficient (Wildman–Crippen LogP) is 6.89. The van der Waals surface area contributed by atoms with Gasteiger partial charge in [0.05, 0.1) is 5.70 Å². The average molecular weight is 461 g/mol. The van der Waals surface area contributed by atoms with Crippen LogP contribution in [0.1, 0.15) is 62.1 Å². The van der Waals surface area contributed by atoms with Crippen LogP contribution in [-0.4, -0.2) is 20.3 Å². The van der Waals surface area contributed by atoms with Crippen molar-refractivity contribution in [3.05, 3.63) is 96.0 Å². The van der Waals surface area contributed by atoms with E-state index in [1.54, 1.807) is 6.20 Å². The topological polar surface area (TPSA) is 62.4 Å². The summed E-state index contributed by atoms with van der Waals surface area (Å²) in [6.45, 7) is 20.9. The molecule has 0 spiro atoms. The highest BCUT2D eigenvalue weighted by Gasteiger charge is 2.07. The van der Waals surface area contributed by atoms with Gasteiger partial charge in [-0.2, -0.15) is 0 Å². The summed E-state index contributed by atoms with van der Waals surface area (Å²) in [6.07, 6.45) is 16.5. The highest BCUT2D eigenvalue weighted by atomic mass is 14.9. The molecule has 0 radical (unpaired) electrons. The minimum absolute atomic E-state index is 0.614. The molecule has 1 unspecified atom stereocenters. The summed E-state index contributed by atoms with van der Waals surface area (Å²) in [7, 11) is 2.02. The van der Waals surface area contributed by atoms with Crippen LogP contribution in [0.2, 0.25) is 0 Å². The molecular formula is C30H44N4. The molecule has 0 aromatic heterocycles. The molecule has 0 saturated carbocycles. The van der Waals surface area contributed by atoms with Gasteiger partial charge in [0.2, 0.25) is 0 Å². The molecule has 0 heterocycles. The third kappa shape index (κ3) is 11.2. The van der Waals surface area contributed by atoms with Crippen molar-refractivity contribution in [1.82, 2.24) is 10.6 Å². The Bertz CT molecular complexity index is 918. The van der Waals surface area contributed by atoms with E-state index in [-0.39, 0.29) is 0 Å². The lowest BCUT2D eigenvalue weighted by Gasteiger charge is -2.15. The second kappa shape index (κ2) is 16.5. The monoisotopic (exact) mass is 460 g/mol. The van der Waals surface area contributed by atoms with Crippen LogP contribution >= 0.6 is 0 Å². The van der Waals surface area contributed by atoms with Gasteiger partial charge in [-0.3, -0.25) is 4.99 Å². The molecule has 184 valence electrons. The van der Waals surface area contributed by atoms with Crippen molar-refractivity contribution in [2.75, 3.05) is 13.6 Å². The second-order valence-electron chi connectivity index (χ2n) is 8.73. The lowest BCUT2D eigenvalue weighted by Crippen LogP contribution is -2.13. The highest BCUT2D eigenvalue weighted by Crippen LogP contribution is 2.21. The number of benzene rings is 1. The molecule has 0 aliphatic carbocycles. The van der Waals surface area contributed by atoms with E-state index in [0.717, 1.165) is 52.5 Å². The normalized spacial score (nSPS) is 13.0. The Hall–Kier alpha value is -3.11. The molecular weight excluding hydrogens is 416 g/mol. The van der Waals surface area contributed by atoms with Crippen LogP contribution in [0.25, 0.3) is 11.8 Å². The van der Waals surface area contributed by atoms with E-state index in [1.807, 2.05) is 13.1 Å². The molecule has 1 aromatic rings. The molecule has 0 amide bonds. The number of allylic oxidation sites excluding steroid dienone is 4. The molecule has 0 aliphatic rings. The average Bonchev–Trinajstić information content (AvgIpc) is 2.80. The minimum atomic E-state index is 0.614. The lowest BCUT2D eigenvalue weighted by atomic mass is 9.94. The van der Waals surface area contributed by atoms with Crippen LogP contribution in [0.3, 0.4) is 0 Å². The maximum atomic E-state index is 5.76. The van der Waals surface area contributed by atoms with E-state index in [4.69, 9.17) is 5.73 Å². The van der Waals surface area contributed by atoms with Crippen LogP contribution in [-0.2, 0) is 0 Å². The predicted molar refractivity (Wildman–Crippen MR) is 152 cm³/mol. The first-order valence-corrected chi connectivity index (χ1v) is 12.1. The van der Waals surface area contributed by atoms with Gasteiger partial charge < -0.3 is 16.4 Å². The van der Waals surface area contributed by atoms with Gasteiger partial charge in [0.15, 0.2) is 0 Å². The van der Waals surface area contributed by atoms with Crippen molar-refractivity contribution < 1.29 is 0 Å². The Morgan fingerprint density at radius 2 is 1.97 bits per heavy atom. The summed E-state index contributed by atoms with van der Waals surface area (Å²) in [5.74, 6) is 0.759. The van der Waals surface area contributed by atoms with E-state index >= 15 is 0 Å². The Kier molecular flexibility index (Phi) is 14.0. The van der Waals surface area contributed by atoms with Gasteiger partial charge in [-0.15, -0.1) is 0 Å². The van der Waals surface area contributed by atoms with Crippen LogP contribution in [0.5, 0.6) is 0 Å². The largest absolute Gasteiger partial charge is 0.402 e. The first kappa shape index (κ1) is 28.9. The van der Waals surface area contributed by atoms with Crippen LogP contribution in [0, 0.1) is 12.8 Å². The zero-order valence-electron chi connectivity index (χ0n) is 21.5. The molecule has 0 bridgehead atoms. The zero-order valence-corrected chi connectivity index (χ0v) is 21.5. The first-order chi connectivity index (χ1) is 16.3. The van der Waals surface area contributed by atoms with Gasteiger partial charge in [0, 0.05) is 24.0 Å². The van der Waals surface area contributed by atoms with Crippen LogP contribution < -0.4 is 16.4 Å². The number of aryl methyl sites for hydroxylation is 1. The molecule has 4 heteroatoms. The van der Waals surface area contributed by atoms with Crippen molar-refractivity contribution in [2.24, 2.45) is 16.6 Å². The van der Waals surface area contributed by atoms with Crippen molar-refractivity contribution >= 4 is 18.5 Å². The molecule has 4 N–H and O–H groups in total. The summed E-state index contributed by atoms with van der Waals surface area (Å²) in [4.78, 5) is 3.95. The molecule has 34 heavy (non-hydrogen) atoms. The first-order valence-electron chi connectivity index (χ1n) is 12.1. The maximum absolute atomic E-state index is 5.76. The van der Waals surface area contributed by atoms with E-state index in [2.05, 4.69) is 92.4 Å². The standard InChI is InChI=1S/C30H44N4/c1-8-12-27(17-18-32-6)13-10-11-14-30(22-33-7)34-25(5)29-16-15-28(23(3)19-29)21-26(9-2)20-24(4)31/h9,11,14-16,19,21-22,27,32,34H,2,4-5,7-8,10,12-13,17-18,20,31H2,1,3,6H3/b14-11-,26-21-,30-22+. The number of nitrogens with zero attached hydrogens (tertiary/aromatic N) is 1. The SMILES string of the molecule is C=C/C(=C/c1ccc(C(=C)NC(/C=C\CCC(CCC)CCNC)=C/N=C)cc1C)CC(=C)N. The number of rotatable bonds is 17. The second-order valence-corrected chi connectivity index (χ2v) is 8.73. The third-order valence-corrected chi connectivity index (χ3v) is 5.72. The van der Waals surface area contributed by atoms with E-state index in [9.17, 15) is 0 Å². The highest BCUT2D eigenvalue weighted by molar-refractivity contribution is 5.68. The zero-order chi connectivity index (χ0) is 25.3. The lowest BCUT2D eigenvalue weighted by molar-refractivity contribution is 0.413. The number of hydrogen-bond acceptors (Lipinski definition) is 4. The number of hydrogen-bond donors (Lipinski definition) is 3. The minimum Gasteiger partial charge on any atom is -0.402 e. The van der Waals surface area contributed by atoms with E-state index in [0.29, 0.717) is 12.1 Å². The Morgan fingerprint density at radius 3 is 2.56 bits per heavy atom. The van der Waals surface area contributed by atoms with Gasteiger partial charge in [-0.05, 0) is 86.8 Å². The fraction of sp³-hybridized carbons (Fsp3) is 0.367. The summed E-state index contributed by atoms with van der Waals surface area (Å²) >= 11 is 0. The summed E-state index contributed by atoms with van der Waals surface area (Å²) in [5.41, 5.74) is 12.4. The summed E-state index contributed by atoms with van der Waals surface area (Å²) in [6, 6.07) is 6.27. The van der Waals surface area contributed by atoms with Crippen molar-refractivity contribution in [3.8, 4) is 0 Å². The molecule has 4 nitrogen and oxygen atoms in total. The van der Waals surface area contributed by atoms with Gasteiger partial charge in [-0.25, -0.2) is 0 Å².